The summed E-state index contributed by atoms with van der Waals surface area (Å²) in [5.41, 5.74) is 0.914. The maximum atomic E-state index is 11.4. The van der Waals surface area contributed by atoms with Gasteiger partial charge in [0.25, 0.3) is 0 Å². The van der Waals surface area contributed by atoms with E-state index < -0.39 is 0 Å². The normalized spacial score (nSPS) is 9.56. The van der Waals surface area contributed by atoms with Gasteiger partial charge in [-0.2, -0.15) is 5.26 Å². The summed E-state index contributed by atoms with van der Waals surface area (Å²) in [6.07, 6.45) is 1.00. The third kappa shape index (κ3) is 3.73. The van der Waals surface area contributed by atoms with Gasteiger partial charge in [0, 0.05) is 18.0 Å². The molecule has 0 fully saturated rings. The molecule has 0 aliphatic rings. The minimum absolute atomic E-state index is 0.119. The van der Waals surface area contributed by atoms with Gasteiger partial charge in [0.2, 0.25) is 5.91 Å². The Balaban J connectivity index is 2.68. The van der Waals surface area contributed by atoms with Crippen molar-refractivity contribution in [1.29, 1.82) is 5.26 Å². The fourth-order valence-corrected chi connectivity index (χ4v) is 1.43. The van der Waals surface area contributed by atoms with E-state index in [1.165, 1.54) is 0 Å². The summed E-state index contributed by atoms with van der Waals surface area (Å²) >= 11 is 11.2. The highest BCUT2D eigenvalue weighted by Crippen LogP contribution is 2.19. The smallest absolute Gasteiger partial charge is 0.224 e. The third-order valence-corrected chi connectivity index (χ3v) is 2.50. The van der Waals surface area contributed by atoms with Crippen LogP contribution in [0.15, 0.2) is 18.2 Å². The number of nitriles is 1. The number of benzene rings is 1. The minimum Gasteiger partial charge on any atom is -0.326 e. The van der Waals surface area contributed by atoms with Gasteiger partial charge in [0.1, 0.15) is 6.07 Å². The average molecular weight is 257 g/mol. The fraction of sp³-hybridized carbons (Fsp3) is 0.273. The Morgan fingerprint density at radius 1 is 1.50 bits per heavy atom. The lowest BCUT2D eigenvalue weighted by Gasteiger charge is -2.05. The molecule has 0 spiro atoms. The zero-order valence-electron chi connectivity index (χ0n) is 8.46. The van der Waals surface area contributed by atoms with E-state index in [0.717, 1.165) is 0 Å². The van der Waals surface area contributed by atoms with Gasteiger partial charge in [-0.25, -0.2) is 0 Å². The molecule has 0 radical (unpaired) electrons. The Labute approximate surface area is 104 Å². The maximum Gasteiger partial charge on any atom is 0.224 e. The van der Waals surface area contributed by atoms with E-state index in [1.54, 1.807) is 18.2 Å². The van der Waals surface area contributed by atoms with Crippen LogP contribution in [0.2, 0.25) is 5.02 Å². The van der Waals surface area contributed by atoms with Crippen LogP contribution in [0.25, 0.3) is 0 Å². The van der Waals surface area contributed by atoms with Gasteiger partial charge < -0.3 is 5.32 Å². The lowest BCUT2D eigenvalue weighted by molar-refractivity contribution is -0.116. The Morgan fingerprint density at radius 3 is 2.88 bits per heavy atom. The summed E-state index contributed by atoms with van der Waals surface area (Å²) in [6.45, 7) is 0. The summed E-state index contributed by atoms with van der Waals surface area (Å²) in [7, 11) is 0. The van der Waals surface area contributed by atoms with Crippen LogP contribution in [0.4, 0.5) is 5.69 Å². The van der Waals surface area contributed by atoms with Crippen LogP contribution in [0, 0.1) is 11.3 Å². The lowest BCUT2D eigenvalue weighted by Crippen LogP contribution is -2.11. The first-order valence-electron chi connectivity index (χ1n) is 4.73. The Morgan fingerprint density at radius 2 is 2.25 bits per heavy atom. The largest absolute Gasteiger partial charge is 0.326 e. The molecular weight excluding hydrogens is 247 g/mol. The molecule has 0 aliphatic carbocycles. The van der Waals surface area contributed by atoms with Crippen LogP contribution >= 0.6 is 23.2 Å². The van der Waals surface area contributed by atoms with E-state index >= 15 is 0 Å². The molecule has 0 atom stereocenters. The van der Waals surface area contributed by atoms with Crippen molar-refractivity contribution < 1.29 is 4.79 Å². The predicted molar refractivity (Wildman–Crippen MR) is 64.8 cm³/mol. The molecule has 16 heavy (non-hydrogen) atoms. The number of nitrogens with zero attached hydrogens (tertiary/aromatic N) is 1. The first-order chi connectivity index (χ1) is 7.67. The molecular formula is C11H10Cl2N2O. The third-order valence-electron chi connectivity index (χ3n) is 1.91. The van der Waals surface area contributed by atoms with Gasteiger partial charge in [-0.3, -0.25) is 4.79 Å². The van der Waals surface area contributed by atoms with Crippen molar-refractivity contribution in [3.63, 3.8) is 0 Å². The van der Waals surface area contributed by atoms with Crippen molar-refractivity contribution >= 4 is 34.8 Å². The van der Waals surface area contributed by atoms with Crippen molar-refractivity contribution in [3.05, 3.63) is 28.8 Å². The van der Waals surface area contributed by atoms with Crippen LogP contribution in [-0.4, -0.2) is 11.8 Å². The molecule has 84 valence electrons. The molecule has 0 bridgehead atoms. The summed E-state index contributed by atoms with van der Waals surface area (Å²) in [5.74, 6) is 0.337. The molecule has 1 aromatic carbocycles. The van der Waals surface area contributed by atoms with Crippen molar-refractivity contribution in [3.8, 4) is 6.07 Å². The van der Waals surface area contributed by atoms with Gasteiger partial charge in [-0.1, -0.05) is 11.6 Å². The van der Waals surface area contributed by atoms with Gasteiger partial charge in [-0.15, -0.1) is 11.6 Å². The van der Waals surface area contributed by atoms with Crippen LogP contribution in [0.5, 0.6) is 0 Å². The molecule has 0 aromatic heterocycles. The number of rotatable bonds is 4. The summed E-state index contributed by atoms with van der Waals surface area (Å²) in [5, 5.41) is 11.8. The molecule has 1 aromatic rings. The van der Waals surface area contributed by atoms with Crippen molar-refractivity contribution in [2.75, 3.05) is 11.2 Å². The van der Waals surface area contributed by atoms with Crippen LogP contribution in [0.3, 0.4) is 0 Å². The summed E-state index contributed by atoms with van der Waals surface area (Å²) in [6, 6.07) is 6.73. The molecule has 5 heteroatoms. The van der Waals surface area contributed by atoms with Crippen LogP contribution < -0.4 is 5.32 Å². The first-order valence-corrected chi connectivity index (χ1v) is 5.64. The molecule has 0 heterocycles. The fourth-order valence-electron chi connectivity index (χ4n) is 1.14. The zero-order chi connectivity index (χ0) is 12.0. The quantitative estimate of drug-likeness (QED) is 0.842. The molecule has 1 amide bonds. The van der Waals surface area contributed by atoms with E-state index in [-0.39, 0.29) is 5.91 Å². The molecule has 0 aliphatic heterocycles. The lowest BCUT2D eigenvalue weighted by atomic mass is 10.2. The Kier molecular flexibility index (Phi) is 5.10. The summed E-state index contributed by atoms with van der Waals surface area (Å²) < 4.78 is 0. The van der Waals surface area contributed by atoms with Gasteiger partial charge in [0.15, 0.2) is 0 Å². The molecule has 1 rings (SSSR count). The van der Waals surface area contributed by atoms with Crippen molar-refractivity contribution in [1.82, 2.24) is 0 Å². The van der Waals surface area contributed by atoms with Gasteiger partial charge >= 0.3 is 0 Å². The topological polar surface area (TPSA) is 52.9 Å². The number of hydrogen-bond acceptors (Lipinski definition) is 2. The Hall–Kier alpha value is -1.24. The second-order valence-corrected chi connectivity index (χ2v) is 3.93. The second-order valence-electron chi connectivity index (χ2n) is 3.15. The predicted octanol–water partition coefficient (Wildman–Crippen LogP) is 3.17. The van der Waals surface area contributed by atoms with E-state index in [4.69, 9.17) is 28.5 Å². The standard InChI is InChI=1S/C11H10Cl2N2O/c12-5-1-2-11(16)15-9-3-4-10(13)8(6-9)7-14/h3-4,6H,1-2,5H2,(H,15,16). The highest BCUT2D eigenvalue weighted by atomic mass is 35.5. The van der Waals surface area contributed by atoms with Gasteiger partial charge in [0.05, 0.1) is 10.6 Å². The number of carbonyl (C=O) groups is 1. The molecule has 0 unspecified atom stereocenters. The second kappa shape index (κ2) is 6.37. The van der Waals surface area contributed by atoms with Crippen LogP contribution in [-0.2, 0) is 4.79 Å². The number of anilines is 1. The molecule has 0 saturated carbocycles. The Bertz CT molecular complexity index is 426. The maximum absolute atomic E-state index is 11.4. The number of nitrogens with one attached hydrogen (secondary N) is 1. The highest BCUT2D eigenvalue weighted by molar-refractivity contribution is 6.31. The van der Waals surface area contributed by atoms with E-state index in [0.29, 0.717) is 35.0 Å². The zero-order valence-corrected chi connectivity index (χ0v) is 9.98. The molecule has 1 N–H and O–H groups in total. The molecule has 0 saturated heterocycles. The average Bonchev–Trinajstić information content (AvgIpc) is 2.29. The number of carbonyl (C=O) groups excluding carboxylic acids is 1. The number of halogens is 2. The number of alkyl halides is 1. The number of hydrogen-bond donors (Lipinski definition) is 1. The van der Waals surface area contributed by atoms with Crippen molar-refractivity contribution in [2.24, 2.45) is 0 Å². The van der Waals surface area contributed by atoms with E-state index in [1.807, 2.05) is 6.07 Å². The first kappa shape index (κ1) is 12.8. The van der Waals surface area contributed by atoms with E-state index in [9.17, 15) is 4.79 Å². The monoisotopic (exact) mass is 256 g/mol. The molecule has 3 nitrogen and oxygen atoms in total. The number of amides is 1. The van der Waals surface area contributed by atoms with Crippen LogP contribution in [0.1, 0.15) is 18.4 Å². The summed E-state index contributed by atoms with van der Waals surface area (Å²) in [4.78, 5) is 11.4. The minimum atomic E-state index is -0.119. The van der Waals surface area contributed by atoms with Gasteiger partial charge in [-0.05, 0) is 24.6 Å². The highest BCUT2D eigenvalue weighted by Gasteiger charge is 2.04. The van der Waals surface area contributed by atoms with E-state index in [2.05, 4.69) is 5.32 Å². The van der Waals surface area contributed by atoms with Crippen molar-refractivity contribution in [2.45, 2.75) is 12.8 Å². The SMILES string of the molecule is N#Cc1cc(NC(=O)CCCCl)ccc1Cl.